The molecule has 0 aromatic heterocycles. The van der Waals surface area contributed by atoms with Gasteiger partial charge in [0.15, 0.2) is 0 Å². The predicted octanol–water partition coefficient (Wildman–Crippen LogP) is 0.869. The Morgan fingerprint density at radius 3 is 2.21 bits per heavy atom. The van der Waals surface area contributed by atoms with Crippen molar-refractivity contribution in [2.45, 2.75) is 32.2 Å². The maximum atomic E-state index is 5.84. The number of rotatable bonds is 12. The minimum atomic E-state index is 0.357. The van der Waals surface area contributed by atoms with E-state index in [-0.39, 0.29) is 0 Å². The highest BCUT2D eigenvalue weighted by molar-refractivity contribution is 4.77. The van der Waals surface area contributed by atoms with E-state index in [1.807, 2.05) is 0 Å². The smallest absolute Gasteiger partial charge is 0.0701 e. The maximum absolute atomic E-state index is 5.84. The molecule has 1 heterocycles. The van der Waals surface area contributed by atoms with Gasteiger partial charge in [-0.2, -0.15) is 0 Å². The molecule has 0 bridgehead atoms. The molecule has 1 aliphatic rings. The Labute approximate surface area is 117 Å². The summed E-state index contributed by atoms with van der Waals surface area (Å²) < 4.78 is 16.3. The van der Waals surface area contributed by atoms with Gasteiger partial charge < -0.3 is 19.9 Å². The number of hydrogen-bond donors (Lipinski definition) is 1. The van der Waals surface area contributed by atoms with E-state index in [4.69, 9.17) is 19.9 Å². The largest absolute Gasteiger partial charge is 0.379 e. The fourth-order valence-corrected chi connectivity index (χ4v) is 2.05. The van der Waals surface area contributed by atoms with E-state index in [1.165, 1.54) is 6.42 Å². The summed E-state index contributed by atoms with van der Waals surface area (Å²) in [6, 6.07) is 0.357. The third-order valence-electron chi connectivity index (χ3n) is 3.25. The first kappa shape index (κ1) is 16.9. The van der Waals surface area contributed by atoms with Crippen LogP contribution in [0.3, 0.4) is 0 Å². The Hall–Kier alpha value is -0.200. The van der Waals surface area contributed by atoms with Gasteiger partial charge in [0.25, 0.3) is 0 Å². The molecule has 0 saturated carbocycles. The molecule has 2 N–H and O–H groups in total. The summed E-state index contributed by atoms with van der Waals surface area (Å²) in [6.45, 7) is 9.52. The minimum Gasteiger partial charge on any atom is -0.379 e. The number of nitrogens with two attached hydrogens (primary N) is 1. The van der Waals surface area contributed by atoms with E-state index in [2.05, 4.69) is 11.8 Å². The van der Waals surface area contributed by atoms with Crippen LogP contribution in [0.1, 0.15) is 26.2 Å². The van der Waals surface area contributed by atoms with Crippen molar-refractivity contribution in [2.24, 2.45) is 5.73 Å². The van der Waals surface area contributed by atoms with Gasteiger partial charge in [0.05, 0.1) is 33.0 Å². The molecule has 5 heteroatoms. The van der Waals surface area contributed by atoms with Crippen molar-refractivity contribution in [3.63, 3.8) is 0 Å². The first-order valence-electron chi connectivity index (χ1n) is 7.54. The lowest BCUT2D eigenvalue weighted by molar-refractivity contribution is 0.0110. The van der Waals surface area contributed by atoms with E-state index < -0.39 is 0 Å². The van der Waals surface area contributed by atoms with Crippen molar-refractivity contribution < 1.29 is 14.2 Å². The molecule has 0 aromatic carbocycles. The molecule has 1 saturated heterocycles. The topological polar surface area (TPSA) is 57.0 Å². The first-order chi connectivity index (χ1) is 9.33. The number of nitrogens with zero attached hydrogens (tertiary/aromatic N) is 1. The van der Waals surface area contributed by atoms with Crippen LogP contribution in [0.25, 0.3) is 0 Å². The summed E-state index contributed by atoms with van der Waals surface area (Å²) in [5.41, 5.74) is 5.84. The van der Waals surface area contributed by atoms with Crippen LogP contribution in [-0.4, -0.2) is 70.2 Å². The summed E-state index contributed by atoms with van der Waals surface area (Å²) in [7, 11) is 0. The molecule has 0 spiro atoms. The van der Waals surface area contributed by atoms with E-state index in [1.54, 1.807) is 0 Å². The third kappa shape index (κ3) is 9.35. The van der Waals surface area contributed by atoms with Crippen molar-refractivity contribution in [1.29, 1.82) is 0 Å². The van der Waals surface area contributed by atoms with Gasteiger partial charge in [-0.1, -0.05) is 13.3 Å². The Morgan fingerprint density at radius 1 is 1.00 bits per heavy atom. The van der Waals surface area contributed by atoms with E-state index in [0.29, 0.717) is 32.5 Å². The van der Waals surface area contributed by atoms with Gasteiger partial charge in [0.1, 0.15) is 0 Å². The Bertz CT molecular complexity index is 205. The van der Waals surface area contributed by atoms with E-state index in [0.717, 1.165) is 45.7 Å². The van der Waals surface area contributed by atoms with Gasteiger partial charge in [-0.25, -0.2) is 0 Å². The van der Waals surface area contributed by atoms with Crippen molar-refractivity contribution in [1.82, 2.24) is 4.90 Å². The standard InChI is InChI=1S/C14H30N2O3/c1-2-3-7-17-9-11-19-12-10-18-8-6-16-5-4-14(15)13-16/h14H,2-13,15H2,1H3/t14-/m1/s1. The molecule has 19 heavy (non-hydrogen) atoms. The SMILES string of the molecule is CCCCOCCOCCOCCN1CC[C@@H](N)C1. The van der Waals surface area contributed by atoms with E-state index >= 15 is 0 Å². The van der Waals surface area contributed by atoms with Crippen LogP contribution < -0.4 is 5.73 Å². The number of likely N-dealkylation sites (tertiary alicyclic amines) is 1. The highest BCUT2D eigenvalue weighted by Crippen LogP contribution is 2.05. The lowest BCUT2D eigenvalue weighted by Gasteiger charge is -2.14. The lowest BCUT2D eigenvalue weighted by Crippen LogP contribution is -2.29. The van der Waals surface area contributed by atoms with Crippen molar-refractivity contribution in [2.75, 3.05) is 59.3 Å². The second kappa shape index (κ2) is 11.6. The molecule has 0 aliphatic carbocycles. The summed E-state index contributed by atoms with van der Waals surface area (Å²) >= 11 is 0. The van der Waals surface area contributed by atoms with Crippen LogP contribution in [0.2, 0.25) is 0 Å². The summed E-state index contributed by atoms with van der Waals surface area (Å²) in [5.74, 6) is 0. The second-order valence-corrected chi connectivity index (χ2v) is 5.04. The molecule has 114 valence electrons. The van der Waals surface area contributed by atoms with Gasteiger partial charge in [-0.15, -0.1) is 0 Å². The first-order valence-corrected chi connectivity index (χ1v) is 7.54. The third-order valence-corrected chi connectivity index (χ3v) is 3.25. The average molecular weight is 274 g/mol. The molecule has 5 nitrogen and oxygen atoms in total. The molecule has 0 radical (unpaired) electrons. The molecule has 0 unspecified atom stereocenters. The molecular weight excluding hydrogens is 244 g/mol. The van der Waals surface area contributed by atoms with E-state index in [9.17, 15) is 0 Å². The zero-order valence-electron chi connectivity index (χ0n) is 12.3. The van der Waals surface area contributed by atoms with Gasteiger partial charge in [-0.3, -0.25) is 4.90 Å². The molecule has 0 aromatic rings. The monoisotopic (exact) mass is 274 g/mol. The Kier molecular flexibility index (Phi) is 10.3. The van der Waals surface area contributed by atoms with Crippen LogP contribution >= 0.6 is 0 Å². The van der Waals surface area contributed by atoms with Crippen molar-refractivity contribution >= 4 is 0 Å². The Morgan fingerprint density at radius 2 is 1.63 bits per heavy atom. The van der Waals surface area contributed by atoms with Gasteiger partial charge in [0.2, 0.25) is 0 Å². The molecule has 1 aliphatic heterocycles. The average Bonchev–Trinajstić information content (AvgIpc) is 2.82. The zero-order chi connectivity index (χ0) is 13.8. The summed E-state index contributed by atoms with van der Waals surface area (Å²) in [5, 5.41) is 0. The molecule has 1 fully saturated rings. The molecular formula is C14H30N2O3. The fraction of sp³-hybridized carbons (Fsp3) is 1.00. The summed E-state index contributed by atoms with van der Waals surface area (Å²) in [6.07, 6.45) is 3.42. The van der Waals surface area contributed by atoms with Gasteiger partial charge in [0, 0.05) is 25.7 Å². The lowest BCUT2D eigenvalue weighted by atomic mass is 10.3. The number of unbranched alkanes of at least 4 members (excludes halogenated alkanes) is 1. The predicted molar refractivity (Wildman–Crippen MR) is 76.4 cm³/mol. The second-order valence-electron chi connectivity index (χ2n) is 5.04. The fourth-order valence-electron chi connectivity index (χ4n) is 2.05. The quantitative estimate of drug-likeness (QED) is 0.535. The van der Waals surface area contributed by atoms with Crippen molar-refractivity contribution in [3.8, 4) is 0 Å². The highest BCUT2D eigenvalue weighted by atomic mass is 16.5. The van der Waals surface area contributed by atoms with Gasteiger partial charge >= 0.3 is 0 Å². The van der Waals surface area contributed by atoms with Crippen molar-refractivity contribution in [3.05, 3.63) is 0 Å². The van der Waals surface area contributed by atoms with Crippen LogP contribution in [0.5, 0.6) is 0 Å². The Balaban J connectivity index is 1.72. The zero-order valence-corrected chi connectivity index (χ0v) is 12.3. The maximum Gasteiger partial charge on any atom is 0.0701 e. The minimum absolute atomic E-state index is 0.357. The number of hydrogen-bond acceptors (Lipinski definition) is 5. The normalized spacial score (nSPS) is 20.2. The summed E-state index contributed by atoms with van der Waals surface area (Å²) in [4.78, 5) is 2.35. The van der Waals surface area contributed by atoms with Crippen LogP contribution in [0, 0.1) is 0 Å². The van der Waals surface area contributed by atoms with Crippen LogP contribution in [-0.2, 0) is 14.2 Å². The number of ether oxygens (including phenoxy) is 3. The molecule has 1 atom stereocenters. The van der Waals surface area contributed by atoms with Crippen LogP contribution in [0.15, 0.2) is 0 Å². The van der Waals surface area contributed by atoms with Crippen LogP contribution in [0.4, 0.5) is 0 Å². The highest BCUT2D eigenvalue weighted by Gasteiger charge is 2.17. The molecule has 0 amide bonds. The molecule has 1 rings (SSSR count). The van der Waals surface area contributed by atoms with Gasteiger partial charge in [-0.05, 0) is 19.4 Å².